The van der Waals surface area contributed by atoms with Crippen LogP contribution in [0.15, 0.2) is 18.3 Å². The number of anilines is 1. The number of carbonyl (C=O) groups is 3. The highest BCUT2D eigenvalue weighted by molar-refractivity contribution is 7.88. The minimum atomic E-state index is -3.58. The summed E-state index contributed by atoms with van der Waals surface area (Å²) in [5.74, 6) is -2.19. The molecule has 1 heterocycles. The molecule has 1 aromatic heterocycles. The number of sulfonamides is 1. The summed E-state index contributed by atoms with van der Waals surface area (Å²) in [6, 6.07) is 1.61. The molecule has 12 heteroatoms. The average molecular weight is 446 g/mol. The number of nitrogens with one attached hydrogen (secondary N) is 3. The van der Waals surface area contributed by atoms with Gasteiger partial charge in [0.1, 0.15) is 5.82 Å². The number of carbonyl (C=O) groups excluding carboxylic acids is 3. The molecule has 0 saturated heterocycles. The number of amides is 3. The zero-order valence-electron chi connectivity index (χ0n) is 16.3. The third-order valence-corrected chi connectivity index (χ3v) is 5.45. The zero-order chi connectivity index (χ0) is 21.8. The lowest BCUT2D eigenvalue weighted by Gasteiger charge is -2.36. The molecule has 29 heavy (non-hydrogen) atoms. The van der Waals surface area contributed by atoms with Gasteiger partial charge in [0.15, 0.2) is 0 Å². The molecule has 0 aromatic carbocycles. The van der Waals surface area contributed by atoms with Crippen molar-refractivity contribution in [1.29, 1.82) is 0 Å². The predicted octanol–water partition coefficient (Wildman–Crippen LogP) is -0.0356. The summed E-state index contributed by atoms with van der Waals surface area (Å²) in [6.45, 7) is 0. The summed E-state index contributed by atoms with van der Waals surface area (Å²) in [4.78, 5) is 42.0. The minimum Gasteiger partial charge on any atom is -0.349 e. The Morgan fingerprint density at radius 3 is 2.38 bits per heavy atom. The molecular formula is C17H24ClN5O5S. The third-order valence-electron chi connectivity index (χ3n) is 4.50. The fraction of sp³-hybridized carbons (Fsp3) is 0.529. The molecule has 1 aromatic rings. The highest BCUT2D eigenvalue weighted by atomic mass is 35.5. The van der Waals surface area contributed by atoms with Crippen LogP contribution >= 0.6 is 11.6 Å². The molecule has 160 valence electrons. The molecule has 1 aliphatic carbocycles. The van der Waals surface area contributed by atoms with Gasteiger partial charge in [-0.05, 0) is 31.4 Å². The van der Waals surface area contributed by atoms with Gasteiger partial charge in [0.25, 0.3) is 0 Å². The summed E-state index contributed by atoms with van der Waals surface area (Å²) in [7, 11) is -0.325. The predicted molar refractivity (Wildman–Crippen MR) is 108 cm³/mol. The second-order valence-electron chi connectivity index (χ2n) is 7.13. The van der Waals surface area contributed by atoms with Gasteiger partial charge >= 0.3 is 11.8 Å². The van der Waals surface area contributed by atoms with E-state index < -0.39 is 33.9 Å². The van der Waals surface area contributed by atoms with E-state index in [1.165, 1.54) is 23.2 Å². The monoisotopic (exact) mass is 445 g/mol. The molecule has 3 amide bonds. The van der Waals surface area contributed by atoms with Crippen LogP contribution < -0.4 is 15.4 Å². The van der Waals surface area contributed by atoms with Gasteiger partial charge in [0, 0.05) is 38.3 Å². The molecule has 10 nitrogen and oxygen atoms in total. The molecule has 1 aliphatic rings. The van der Waals surface area contributed by atoms with Crippen molar-refractivity contribution in [3.05, 3.63) is 23.4 Å². The Bertz CT molecular complexity index is 875. The van der Waals surface area contributed by atoms with E-state index in [4.69, 9.17) is 11.6 Å². The van der Waals surface area contributed by atoms with Crippen molar-refractivity contribution in [2.24, 2.45) is 5.92 Å². The lowest BCUT2D eigenvalue weighted by molar-refractivity contribution is -0.137. The standard InChI is InChI=1S/C17H24ClN5O5S/c1-23(2)17(26)10-4-6-12(13(8-10)22-29(3,27)28)20-15(24)16(25)21-14-7-5-11(18)9-19-14/h5,7,9-10,12-13,22H,4,6,8H2,1-3H3,(H,20,24)(H,19,21,25). The van der Waals surface area contributed by atoms with Gasteiger partial charge in [-0.15, -0.1) is 0 Å². The van der Waals surface area contributed by atoms with E-state index in [0.29, 0.717) is 17.9 Å². The second-order valence-corrected chi connectivity index (χ2v) is 9.35. The number of hydrogen-bond acceptors (Lipinski definition) is 6. The van der Waals surface area contributed by atoms with Crippen LogP contribution in [0.3, 0.4) is 0 Å². The molecule has 2 rings (SSSR count). The molecule has 1 fully saturated rings. The molecule has 0 aliphatic heterocycles. The van der Waals surface area contributed by atoms with E-state index in [2.05, 4.69) is 20.3 Å². The van der Waals surface area contributed by atoms with E-state index in [0.717, 1.165) is 6.26 Å². The average Bonchev–Trinajstić information content (AvgIpc) is 2.63. The topological polar surface area (TPSA) is 138 Å². The van der Waals surface area contributed by atoms with Crippen LogP contribution in [0.1, 0.15) is 19.3 Å². The maximum absolute atomic E-state index is 12.3. The van der Waals surface area contributed by atoms with E-state index in [9.17, 15) is 22.8 Å². The van der Waals surface area contributed by atoms with Crippen LogP contribution in [-0.4, -0.2) is 68.5 Å². The van der Waals surface area contributed by atoms with Gasteiger partial charge in [-0.3, -0.25) is 14.4 Å². The van der Waals surface area contributed by atoms with Crippen molar-refractivity contribution < 1.29 is 22.8 Å². The van der Waals surface area contributed by atoms with Crippen molar-refractivity contribution in [1.82, 2.24) is 19.9 Å². The first-order valence-electron chi connectivity index (χ1n) is 8.88. The fourth-order valence-corrected chi connectivity index (χ4v) is 4.12. The van der Waals surface area contributed by atoms with Crippen molar-refractivity contribution >= 4 is 45.2 Å². The van der Waals surface area contributed by atoms with Gasteiger partial charge in [-0.2, -0.15) is 0 Å². The largest absolute Gasteiger partial charge is 0.349 e. The van der Waals surface area contributed by atoms with E-state index in [1.54, 1.807) is 14.1 Å². The molecule has 3 unspecified atom stereocenters. The third kappa shape index (κ3) is 6.94. The zero-order valence-corrected chi connectivity index (χ0v) is 17.9. The number of halogens is 1. The molecule has 3 atom stereocenters. The summed E-state index contributed by atoms with van der Waals surface area (Å²) >= 11 is 5.72. The van der Waals surface area contributed by atoms with Gasteiger partial charge < -0.3 is 15.5 Å². The van der Waals surface area contributed by atoms with Gasteiger partial charge in [0.05, 0.1) is 11.3 Å². The summed E-state index contributed by atoms with van der Waals surface area (Å²) in [5.41, 5.74) is 0. The van der Waals surface area contributed by atoms with Crippen LogP contribution in [0.2, 0.25) is 5.02 Å². The maximum Gasteiger partial charge on any atom is 0.314 e. The first-order chi connectivity index (χ1) is 13.5. The first kappa shape index (κ1) is 23.0. The number of rotatable bonds is 5. The normalized spacial score (nSPS) is 21.9. The Labute approximate surface area is 174 Å². The maximum atomic E-state index is 12.3. The van der Waals surface area contributed by atoms with Crippen molar-refractivity contribution in [2.45, 2.75) is 31.3 Å². The van der Waals surface area contributed by atoms with Crippen LogP contribution in [0.4, 0.5) is 5.82 Å². The van der Waals surface area contributed by atoms with Crippen molar-refractivity contribution in [3.8, 4) is 0 Å². The highest BCUT2D eigenvalue weighted by Crippen LogP contribution is 2.26. The Kier molecular flexibility index (Phi) is 7.55. The van der Waals surface area contributed by atoms with Crippen LogP contribution in [0, 0.1) is 5.92 Å². The minimum absolute atomic E-state index is 0.110. The second kappa shape index (κ2) is 9.51. The Balaban J connectivity index is 2.05. The van der Waals surface area contributed by atoms with Gasteiger partial charge in [-0.1, -0.05) is 11.6 Å². The number of nitrogens with zero attached hydrogens (tertiary/aromatic N) is 2. The smallest absolute Gasteiger partial charge is 0.314 e. The van der Waals surface area contributed by atoms with Crippen LogP contribution in [-0.2, 0) is 24.4 Å². The molecule has 3 N–H and O–H groups in total. The van der Waals surface area contributed by atoms with Gasteiger partial charge in [0.2, 0.25) is 15.9 Å². The number of hydrogen-bond donors (Lipinski definition) is 3. The number of aromatic nitrogens is 1. The lowest BCUT2D eigenvalue weighted by atomic mass is 9.82. The molecule has 0 radical (unpaired) electrons. The summed E-state index contributed by atoms with van der Waals surface area (Å²) in [6.07, 6.45) is 3.35. The summed E-state index contributed by atoms with van der Waals surface area (Å²) in [5, 5.41) is 5.28. The van der Waals surface area contributed by atoms with E-state index in [-0.39, 0.29) is 24.1 Å². The lowest BCUT2D eigenvalue weighted by Crippen LogP contribution is -2.57. The van der Waals surface area contributed by atoms with Crippen molar-refractivity contribution in [2.75, 3.05) is 25.7 Å². The molecule has 0 spiro atoms. The van der Waals surface area contributed by atoms with Crippen LogP contribution in [0.5, 0.6) is 0 Å². The Hall–Kier alpha value is -2.24. The Morgan fingerprint density at radius 2 is 1.83 bits per heavy atom. The quantitative estimate of drug-likeness (QED) is 0.544. The van der Waals surface area contributed by atoms with Crippen LogP contribution in [0.25, 0.3) is 0 Å². The molecule has 0 bridgehead atoms. The fourth-order valence-electron chi connectivity index (χ4n) is 3.19. The van der Waals surface area contributed by atoms with E-state index >= 15 is 0 Å². The summed E-state index contributed by atoms with van der Waals surface area (Å²) < 4.78 is 25.9. The SMILES string of the molecule is CN(C)C(=O)C1CCC(NC(=O)C(=O)Nc2ccc(Cl)cn2)C(NS(C)(=O)=O)C1. The Morgan fingerprint density at radius 1 is 1.14 bits per heavy atom. The number of pyridine rings is 1. The first-order valence-corrected chi connectivity index (χ1v) is 11.1. The highest BCUT2D eigenvalue weighted by Gasteiger charge is 2.37. The van der Waals surface area contributed by atoms with Crippen molar-refractivity contribution in [3.63, 3.8) is 0 Å². The van der Waals surface area contributed by atoms with E-state index in [1.807, 2.05) is 0 Å². The van der Waals surface area contributed by atoms with Gasteiger partial charge in [-0.25, -0.2) is 18.1 Å². The molecular weight excluding hydrogens is 422 g/mol. The molecule has 1 saturated carbocycles.